The van der Waals surface area contributed by atoms with Gasteiger partial charge in [0.05, 0.1) is 0 Å². The molecule has 0 spiro atoms. The highest BCUT2D eigenvalue weighted by molar-refractivity contribution is 5.85. The summed E-state index contributed by atoms with van der Waals surface area (Å²) in [5, 5.41) is 6.86. The van der Waals surface area contributed by atoms with Crippen LogP contribution in [0.2, 0.25) is 0 Å². The maximum atomic E-state index is 3.48. The molecule has 1 aliphatic carbocycles. The van der Waals surface area contributed by atoms with Gasteiger partial charge in [-0.2, -0.15) is 0 Å². The number of nitrogens with zero attached hydrogens (tertiary/aromatic N) is 1. The molecule has 2 saturated heterocycles. The van der Waals surface area contributed by atoms with Crippen molar-refractivity contribution < 1.29 is 0 Å². The van der Waals surface area contributed by atoms with Crippen molar-refractivity contribution in [1.82, 2.24) is 15.5 Å². The summed E-state index contributed by atoms with van der Waals surface area (Å²) in [7, 11) is 0. The molecule has 2 N–H and O–H groups in total. The van der Waals surface area contributed by atoms with Gasteiger partial charge in [0.2, 0.25) is 0 Å². The van der Waals surface area contributed by atoms with Gasteiger partial charge in [-0.1, -0.05) is 0 Å². The molecule has 14 heavy (non-hydrogen) atoms. The van der Waals surface area contributed by atoms with E-state index in [4.69, 9.17) is 0 Å². The van der Waals surface area contributed by atoms with Crippen LogP contribution in [0.15, 0.2) is 0 Å². The molecule has 1 unspecified atom stereocenters. The van der Waals surface area contributed by atoms with Gasteiger partial charge in [0.15, 0.2) is 0 Å². The van der Waals surface area contributed by atoms with E-state index < -0.39 is 0 Å². The summed E-state index contributed by atoms with van der Waals surface area (Å²) >= 11 is 0. The number of hydrogen-bond acceptors (Lipinski definition) is 3. The zero-order chi connectivity index (χ0) is 8.67. The van der Waals surface area contributed by atoms with Crippen molar-refractivity contribution in [3.63, 3.8) is 0 Å². The van der Waals surface area contributed by atoms with E-state index in [2.05, 4.69) is 15.5 Å². The van der Waals surface area contributed by atoms with Crippen molar-refractivity contribution in [3.05, 3.63) is 0 Å². The van der Waals surface area contributed by atoms with Gasteiger partial charge in [-0.05, 0) is 25.8 Å². The molecule has 4 heteroatoms. The predicted octanol–water partition coefficient (Wildman–Crippen LogP) is 0.206. The average Bonchev–Trinajstić information content (AvgIpc) is 2.73. The van der Waals surface area contributed by atoms with Crippen molar-refractivity contribution in [2.24, 2.45) is 0 Å². The Bertz CT molecular complexity index is 186. The van der Waals surface area contributed by atoms with Crippen LogP contribution in [0.4, 0.5) is 0 Å². The zero-order valence-electron chi connectivity index (χ0n) is 8.54. The molecular formula is C10H20ClN3. The maximum absolute atomic E-state index is 3.48. The van der Waals surface area contributed by atoms with Crippen molar-refractivity contribution in [1.29, 1.82) is 0 Å². The summed E-state index contributed by atoms with van der Waals surface area (Å²) < 4.78 is 0. The summed E-state index contributed by atoms with van der Waals surface area (Å²) in [6.07, 6.45) is 4.27. The molecular weight excluding hydrogens is 198 g/mol. The molecule has 0 amide bonds. The third kappa shape index (κ3) is 1.91. The van der Waals surface area contributed by atoms with E-state index in [9.17, 15) is 0 Å². The second kappa shape index (κ2) is 4.35. The van der Waals surface area contributed by atoms with Crippen LogP contribution in [0.5, 0.6) is 0 Å². The van der Waals surface area contributed by atoms with Crippen LogP contribution in [0.1, 0.15) is 19.3 Å². The summed E-state index contributed by atoms with van der Waals surface area (Å²) in [6.45, 7) is 4.92. The second-order valence-corrected chi connectivity index (χ2v) is 4.64. The first kappa shape index (κ1) is 10.7. The maximum Gasteiger partial charge on any atom is 0.0351 e. The van der Waals surface area contributed by atoms with Gasteiger partial charge in [-0.3, -0.25) is 4.90 Å². The lowest BCUT2D eigenvalue weighted by Crippen LogP contribution is -2.61. The second-order valence-electron chi connectivity index (χ2n) is 4.64. The Morgan fingerprint density at radius 1 is 0.786 bits per heavy atom. The molecule has 82 valence electrons. The highest BCUT2D eigenvalue weighted by atomic mass is 35.5. The van der Waals surface area contributed by atoms with Gasteiger partial charge in [-0.15, -0.1) is 12.4 Å². The molecule has 2 heterocycles. The van der Waals surface area contributed by atoms with Crippen LogP contribution >= 0.6 is 12.4 Å². The molecule has 3 fully saturated rings. The van der Waals surface area contributed by atoms with Gasteiger partial charge >= 0.3 is 0 Å². The van der Waals surface area contributed by atoms with Gasteiger partial charge in [0.25, 0.3) is 0 Å². The largest absolute Gasteiger partial charge is 0.315 e. The third-order valence-corrected chi connectivity index (χ3v) is 3.61. The van der Waals surface area contributed by atoms with E-state index in [0.29, 0.717) is 0 Å². The first-order valence-corrected chi connectivity index (χ1v) is 5.64. The topological polar surface area (TPSA) is 27.3 Å². The smallest absolute Gasteiger partial charge is 0.0351 e. The van der Waals surface area contributed by atoms with Crippen LogP contribution in [0.3, 0.4) is 0 Å². The van der Waals surface area contributed by atoms with E-state index >= 15 is 0 Å². The SMILES string of the molecule is C1CC(N(C2CC2)C2CNC2)CN1.Cl. The monoisotopic (exact) mass is 217 g/mol. The third-order valence-electron chi connectivity index (χ3n) is 3.61. The fourth-order valence-electron chi connectivity index (χ4n) is 2.65. The molecule has 2 aliphatic heterocycles. The van der Waals surface area contributed by atoms with Crippen LogP contribution in [-0.4, -0.2) is 49.2 Å². The van der Waals surface area contributed by atoms with Crippen LogP contribution in [0, 0.1) is 0 Å². The Labute approximate surface area is 92.0 Å². The Balaban J connectivity index is 0.000000750. The molecule has 1 saturated carbocycles. The van der Waals surface area contributed by atoms with Gasteiger partial charge in [-0.25, -0.2) is 0 Å². The minimum Gasteiger partial charge on any atom is -0.315 e. The molecule has 3 rings (SSSR count). The highest BCUT2D eigenvalue weighted by Crippen LogP contribution is 2.32. The van der Waals surface area contributed by atoms with Gasteiger partial charge in [0, 0.05) is 37.8 Å². The van der Waals surface area contributed by atoms with Crippen molar-refractivity contribution >= 4 is 12.4 Å². The number of nitrogens with one attached hydrogen (secondary N) is 2. The lowest BCUT2D eigenvalue weighted by Gasteiger charge is -2.42. The number of hydrogen-bond donors (Lipinski definition) is 2. The van der Waals surface area contributed by atoms with Crippen molar-refractivity contribution in [3.8, 4) is 0 Å². The lowest BCUT2D eigenvalue weighted by molar-refractivity contribution is 0.0942. The number of rotatable bonds is 3. The van der Waals surface area contributed by atoms with E-state index in [0.717, 1.165) is 18.1 Å². The van der Waals surface area contributed by atoms with E-state index in [1.165, 1.54) is 45.4 Å². The number of halogens is 1. The van der Waals surface area contributed by atoms with Gasteiger partial charge in [0.1, 0.15) is 0 Å². The average molecular weight is 218 g/mol. The summed E-state index contributed by atoms with van der Waals surface area (Å²) in [5.41, 5.74) is 0. The van der Waals surface area contributed by atoms with Crippen molar-refractivity contribution in [2.75, 3.05) is 26.2 Å². The van der Waals surface area contributed by atoms with Crippen LogP contribution < -0.4 is 10.6 Å². The molecule has 0 radical (unpaired) electrons. The first-order valence-electron chi connectivity index (χ1n) is 5.64. The highest BCUT2D eigenvalue weighted by Gasteiger charge is 2.41. The summed E-state index contributed by atoms with van der Waals surface area (Å²) in [6, 6.07) is 2.65. The summed E-state index contributed by atoms with van der Waals surface area (Å²) in [5.74, 6) is 0. The minimum atomic E-state index is 0. The Kier molecular flexibility index (Phi) is 3.32. The van der Waals surface area contributed by atoms with Crippen LogP contribution in [-0.2, 0) is 0 Å². The standard InChI is InChI=1S/C10H19N3.ClH/c1-2-8(1)13(10-6-12-7-10)9-3-4-11-5-9;/h8-12H,1-7H2;1H. The molecule has 0 aromatic carbocycles. The fourth-order valence-corrected chi connectivity index (χ4v) is 2.65. The fraction of sp³-hybridized carbons (Fsp3) is 1.00. The molecule has 1 atom stereocenters. The van der Waals surface area contributed by atoms with Crippen LogP contribution in [0.25, 0.3) is 0 Å². The van der Waals surface area contributed by atoms with Gasteiger partial charge < -0.3 is 10.6 Å². The zero-order valence-corrected chi connectivity index (χ0v) is 9.35. The van der Waals surface area contributed by atoms with Crippen molar-refractivity contribution in [2.45, 2.75) is 37.4 Å². The quantitative estimate of drug-likeness (QED) is 0.708. The Morgan fingerprint density at radius 3 is 1.93 bits per heavy atom. The van der Waals surface area contributed by atoms with E-state index in [-0.39, 0.29) is 12.4 Å². The van der Waals surface area contributed by atoms with E-state index in [1.54, 1.807) is 0 Å². The lowest BCUT2D eigenvalue weighted by atomic mass is 10.1. The molecule has 3 nitrogen and oxygen atoms in total. The first-order chi connectivity index (χ1) is 6.45. The molecule has 0 bridgehead atoms. The van der Waals surface area contributed by atoms with E-state index in [1.807, 2.05) is 0 Å². The molecule has 3 aliphatic rings. The molecule has 0 aromatic heterocycles. The normalized spacial score (nSPS) is 32.8. The Hall–Kier alpha value is 0.170. The minimum absolute atomic E-state index is 0. The summed E-state index contributed by atoms with van der Waals surface area (Å²) in [4.78, 5) is 2.80. The molecule has 0 aromatic rings. The predicted molar refractivity (Wildman–Crippen MR) is 60.0 cm³/mol. The Morgan fingerprint density at radius 2 is 1.50 bits per heavy atom.